The summed E-state index contributed by atoms with van der Waals surface area (Å²) in [4.78, 5) is 13.4. The molecule has 0 spiro atoms. The van der Waals surface area contributed by atoms with Crippen LogP contribution in [0.25, 0.3) is 0 Å². The predicted octanol–water partition coefficient (Wildman–Crippen LogP) is 2.07. The Balaban J connectivity index is 3.36. The van der Waals surface area contributed by atoms with Gasteiger partial charge in [0, 0.05) is 27.2 Å². The van der Waals surface area contributed by atoms with Gasteiger partial charge in [0.2, 0.25) is 10.0 Å². The molecule has 0 atom stereocenters. The van der Waals surface area contributed by atoms with E-state index in [4.69, 9.17) is 11.6 Å². The van der Waals surface area contributed by atoms with E-state index in [0.717, 1.165) is 0 Å². The van der Waals surface area contributed by atoms with Crippen LogP contribution in [0, 0.1) is 0 Å². The summed E-state index contributed by atoms with van der Waals surface area (Å²) in [7, 11) is -0.421. The summed E-state index contributed by atoms with van der Waals surface area (Å²) in [6, 6.07) is 4.19. The van der Waals surface area contributed by atoms with Crippen LogP contribution in [0.15, 0.2) is 23.1 Å². The summed E-state index contributed by atoms with van der Waals surface area (Å²) in [5.41, 5.74) is 0.185. The smallest absolute Gasteiger partial charge is 0.254 e. The molecule has 5 nitrogen and oxygen atoms in total. The minimum atomic E-state index is -3.60. The molecule has 1 aromatic carbocycles. The number of rotatable bonds is 5. The van der Waals surface area contributed by atoms with Crippen LogP contribution in [-0.4, -0.2) is 50.7 Å². The molecule has 0 aliphatic rings. The molecule has 0 fully saturated rings. The Morgan fingerprint density at radius 2 is 1.75 bits per heavy atom. The number of hydrogen-bond acceptors (Lipinski definition) is 3. The van der Waals surface area contributed by atoms with Gasteiger partial charge in [0.25, 0.3) is 5.91 Å². The number of nitrogens with zero attached hydrogens (tertiary/aromatic N) is 2. The second-order valence-electron chi connectivity index (χ2n) is 4.43. The third-order valence-corrected chi connectivity index (χ3v) is 5.29. The third kappa shape index (κ3) is 3.31. The highest BCUT2D eigenvalue weighted by atomic mass is 35.5. The molecule has 0 aromatic heterocycles. The van der Waals surface area contributed by atoms with Crippen molar-refractivity contribution in [3.63, 3.8) is 0 Å². The standard InChI is InChI=1S/C13H19ClN2O3S/c1-5-16(6-2)20(18,19)10-7-8-12(14)11(9-10)13(17)15(3)4/h7-9H,5-6H2,1-4H3. The van der Waals surface area contributed by atoms with Crippen LogP contribution < -0.4 is 0 Å². The van der Waals surface area contributed by atoms with E-state index >= 15 is 0 Å². The van der Waals surface area contributed by atoms with E-state index in [0.29, 0.717) is 13.1 Å². The summed E-state index contributed by atoms with van der Waals surface area (Å²) >= 11 is 5.98. The van der Waals surface area contributed by atoms with Gasteiger partial charge in [0.15, 0.2) is 0 Å². The molecular weight excluding hydrogens is 300 g/mol. The van der Waals surface area contributed by atoms with Crippen LogP contribution in [0.1, 0.15) is 24.2 Å². The quantitative estimate of drug-likeness (QED) is 0.835. The van der Waals surface area contributed by atoms with Crippen LogP contribution in [0.4, 0.5) is 0 Å². The van der Waals surface area contributed by atoms with Crippen molar-refractivity contribution >= 4 is 27.5 Å². The van der Waals surface area contributed by atoms with Crippen molar-refractivity contribution in [2.45, 2.75) is 18.7 Å². The van der Waals surface area contributed by atoms with Gasteiger partial charge < -0.3 is 4.90 Å². The minimum absolute atomic E-state index is 0.0794. The lowest BCUT2D eigenvalue weighted by Gasteiger charge is -2.19. The largest absolute Gasteiger partial charge is 0.345 e. The number of carbonyl (C=O) groups is 1. The van der Waals surface area contributed by atoms with Gasteiger partial charge >= 0.3 is 0 Å². The van der Waals surface area contributed by atoms with Gasteiger partial charge in [0.05, 0.1) is 15.5 Å². The fourth-order valence-corrected chi connectivity index (χ4v) is 3.47. The van der Waals surface area contributed by atoms with Gasteiger partial charge in [-0.25, -0.2) is 8.42 Å². The highest BCUT2D eigenvalue weighted by Gasteiger charge is 2.24. The molecular formula is C13H19ClN2O3S. The molecule has 0 aliphatic heterocycles. The highest BCUT2D eigenvalue weighted by molar-refractivity contribution is 7.89. The van der Waals surface area contributed by atoms with Crippen molar-refractivity contribution in [1.82, 2.24) is 9.21 Å². The van der Waals surface area contributed by atoms with Gasteiger partial charge in [0.1, 0.15) is 0 Å². The van der Waals surface area contributed by atoms with E-state index in [2.05, 4.69) is 0 Å². The van der Waals surface area contributed by atoms with E-state index in [1.165, 1.54) is 27.4 Å². The molecule has 1 aromatic rings. The maximum atomic E-state index is 12.4. The van der Waals surface area contributed by atoms with Crippen molar-refractivity contribution in [2.24, 2.45) is 0 Å². The molecule has 0 radical (unpaired) electrons. The van der Waals surface area contributed by atoms with E-state index in [9.17, 15) is 13.2 Å². The summed E-state index contributed by atoms with van der Waals surface area (Å²) in [6.07, 6.45) is 0. The Bertz CT molecular complexity index is 596. The molecule has 7 heteroatoms. The van der Waals surface area contributed by atoms with E-state index in [1.807, 2.05) is 0 Å². The molecule has 20 heavy (non-hydrogen) atoms. The number of amides is 1. The number of carbonyl (C=O) groups excluding carboxylic acids is 1. The Kier molecular flexibility index (Phi) is 5.56. The highest BCUT2D eigenvalue weighted by Crippen LogP contribution is 2.23. The van der Waals surface area contributed by atoms with Gasteiger partial charge in [-0.15, -0.1) is 0 Å². The number of halogens is 1. The van der Waals surface area contributed by atoms with Crippen molar-refractivity contribution in [3.8, 4) is 0 Å². The van der Waals surface area contributed by atoms with Crippen LogP contribution in [-0.2, 0) is 10.0 Å². The van der Waals surface area contributed by atoms with E-state index in [1.54, 1.807) is 27.9 Å². The number of hydrogen-bond donors (Lipinski definition) is 0. The molecule has 0 N–H and O–H groups in total. The first-order valence-corrected chi connectivity index (χ1v) is 8.08. The summed E-state index contributed by atoms with van der Waals surface area (Å²) in [6.45, 7) is 4.28. The molecule has 0 heterocycles. The fraction of sp³-hybridized carbons (Fsp3) is 0.462. The maximum Gasteiger partial charge on any atom is 0.254 e. The molecule has 0 bridgehead atoms. The molecule has 112 valence electrons. The topological polar surface area (TPSA) is 57.7 Å². The monoisotopic (exact) mass is 318 g/mol. The number of sulfonamides is 1. The molecule has 1 rings (SSSR count). The first kappa shape index (κ1) is 16.9. The Morgan fingerprint density at radius 3 is 2.20 bits per heavy atom. The van der Waals surface area contributed by atoms with Crippen LogP contribution in [0.5, 0.6) is 0 Å². The second-order valence-corrected chi connectivity index (χ2v) is 6.78. The SMILES string of the molecule is CCN(CC)S(=O)(=O)c1ccc(Cl)c(C(=O)N(C)C)c1. The average Bonchev–Trinajstić information content (AvgIpc) is 2.39. The van der Waals surface area contributed by atoms with Crippen molar-refractivity contribution in [1.29, 1.82) is 0 Å². The molecule has 0 aliphatic carbocycles. The zero-order valence-corrected chi connectivity index (χ0v) is 13.6. The van der Waals surface area contributed by atoms with Crippen LogP contribution in [0.2, 0.25) is 5.02 Å². The Labute approximate surface area is 125 Å². The van der Waals surface area contributed by atoms with Gasteiger partial charge in [-0.1, -0.05) is 25.4 Å². The Hall–Kier alpha value is -1.11. The molecule has 1 amide bonds. The third-order valence-electron chi connectivity index (χ3n) is 2.92. The lowest BCUT2D eigenvalue weighted by Crippen LogP contribution is -2.31. The minimum Gasteiger partial charge on any atom is -0.345 e. The van der Waals surface area contributed by atoms with Crippen molar-refractivity contribution in [3.05, 3.63) is 28.8 Å². The Morgan fingerprint density at radius 1 is 1.20 bits per heavy atom. The van der Waals surface area contributed by atoms with Gasteiger partial charge in [-0.05, 0) is 18.2 Å². The van der Waals surface area contributed by atoms with Crippen molar-refractivity contribution < 1.29 is 13.2 Å². The first-order valence-electron chi connectivity index (χ1n) is 6.27. The van der Waals surface area contributed by atoms with Crippen molar-refractivity contribution in [2.75, 3.05) is 27.2 Å². The summed E-state index contributed by atoms with van der Waals surface area (Å²) < 4.78 is 26.2. The fourth-order valence-electron chi connectivity index (χ4n) is 1.78. The summed E-state index contributed by atoms with van der Waals surface area (Å²) in [5, 5.41) is 0.238. The second kappa shape index (κ2) is 6.56. The summed E-state index contributed by atoms with van der Waals surface area (Å²) in [5.74, 6) is -0.327. The van der Waals surface area contributed by atoms with Gasteiger partial charge in [-0.2, -0.15) is 4.31 Å². The van der Waals surface area contributed by atoms with Crippen LogP contribution in [0.3, 0.4) is 0 Å². The molecule has 0 saturated heterocycles. The maximum absolute atomic E-state index is 12.4. The first-order chi connectivity index (χ1) is 9.25. The lowest BCUT2D eigenvalue weighted by molar-refractivity contribution is 0.0827. The van der Waals surface area contributed by atoms with E-state index in [-0.39, 0.29) is 21.4 Å². The normalized spacial score (nSPS) is 11.7. The lowest BCUT2D eigenvalue weighted by atomic mass is 10.2. The number of benzene rings is 1. The zero-order chi connectivity index (χ0) is 15.5. The van der Waals surface area contributed by atoms with Crippen LogP contribution >= 0.6 is 11.6 Å². The molecule has 0 unspecified atom stereocenters. The predicted molar refractivity (Wildman–Crippen MR) is 79.6 cm³/mol. The zero-order valence-electron chi connectivity index (χ0n) is 12.1. The average molecular weight is 319 g/mol. The van der Waals surface area contributed by atoms with Gasteiger partial charge in [-0.3, -0.25) is 4.79 Å². The van der Waals surface area contributed by atoms with E-state index < -0.39 is 10.0 Å². The molecule has 0 saturated carbocycles.